The number of carbonyl (C=O) groups excluding carboxylic acids is 1. The molecule has 0 unspecified atom stereocenters. The van der Waals surface area contributed by atoms with Crippen LogP contribution in [0.15, 0.2) is 0 Å². The van der Waals surface area contributed by atoms with E-state index in [1.807, 2.05) is 14.1 Å². The number of hydrogen-bond acceptors (Lipinski definition) is 4. The minimum Gasteiger partial charge on any atom is -0.480 e. The minimum atomic E-state index is -1.29. The van der Waals surface area contributed by atoms with Crippen LogP contribution >= 0.6 is 0 Å². The fourth-order valence-corrected chi connectivity index (χ4v) is 2.19. The molecule has 0 aromatic heterocycles. The first-order valence-corrected chi connectivity index (χ1v) is 6.41. The second kappa shape index (κ2) is 6.21. The molecule has 2 atom stereocenters. The Kier molecular flexibility index (Phi) is 5.13. The van der Waals surface area contributed by atoms with Crippen LogP contribution in [0.2, 0.25) is 0 Å². The Balaban J connectivity index is 2.45. The smallest absolute Gasteiger partial charge is 0.328 e. The van der Waals surface area contributed by atoms with Crippen molar-refractivity contribution in [2.24, 2.45) is 0 Å². The van der Waals surface area contributed by atoms with Crippen LogP contribution in [-0.4, -0.2) is 65.4 Å². The molecule has 7 heteroatoms. The van der Waals surface area contributed by atoms with Crippen LogP contribution in [-0.2, 0) is 4.79 Å². The summed E-state index contributed by atoms with van der Waals surface area (Å²) < 4.78 is 0. The second-order valence-corrected chi connectivity index (χ2v) is 5.36. The molecule has 1 aliphatic carbocycles. The number of nitrogens with zero attached hydrogens (tertiary/aromatic N) is 1. The molecule has 0 spiro atoms. The maximum Gasteiger partial charge on any atom is 0.328 e. The van der Waals surface area contributed by atoms with Gasteiger partial charge in [0.15, 0.2) is 6.04 Å². The van der Waals surface area contributed by atoms with E-state index in [4.69, 9.17) is 5.11 Å². The Morgan fingerprint density at radius 2 is 1.95 bits per heavy atom. The molecular weight excluding hydrogens is 250 g/mol. The number of carboxylic acids is 1. The Hall–Kier alpha value is -1.34. The van der Waals surface area contributed by atoms with Crippen LogP contribution in [0.5, 0.6) is 0 Å². The number of aliphatic hydroxyl groups is 1. The van der Waals surface area contributed by atoms with E-state index in [0.717, 1.165) is 19.3 Å². The molecule has 2 amide bonds. The summed E-state index contributed by atoms with van der Waals surface area (Å²) in [5, 5.41) is 23.1. The second-order valence-electron chi connectivity index (χ2n) is 5.36. The molecule has 0 radical (unpaired) electrons. The van der Waals surface area contributed by atoms with Crippen molar-refractivity contribution in [3.05, 3.63) is 0 Å². The van der Waals surface area contributed by atoms with Crippen molar-refractivity contribution in [1.29, 1.82) is 0 Å². The van der Waals surface area contributed by atoms with Crippen LogP contribution in [0.4, 0.5) is 4.79 Å². The number of nitrogens with one attached hydrogen (secondary N) is 2. The summed E-state index contributed by atoms with van der Waals surface area (Å²) in [6, 6.07) is -1.86. The van der Waals surface area contributed by atoms with Gasteiger partial charge in [0.25, 0.3) is 0 Å². The molecule has 19 heavy (non-hydrogen) atoms. The zero-order valence-corrected chi connectivity index (χ0v) is 11.6. The SMILES string of the molecule is C[C@@H](O)[C@H](NC(=O)NCC1(N(C)C)CCC1)C(=O)O. The standard InChI is InChI=1S/C12H23N3O4/c1-8(16)9(10(17)18)14-11(19)13-7-12(15(2)3)5-4-6-12/h8-9,16H,4-7H2,1-3H3,(H,17,18)(H2,13,14,19)/t8-,9+/m1/s1. The van der Waals surface area contributed by atoms with Crippen LogP contribution < -0.4 is 10.6 Å². The van der Waals surface area contributed by atoms with Crippen molar-refractivity contribution in [2.75, 3.05) is 20.6 Å². The summed E-state index contributed by atoms with van der Waals surface area (Å²) in [6.07, 6.45) is 2.01. The molecule has 4 N–H and O–H groups in total. The van der Waals surface area contributed by atoms with Gasteiger partial charge < -0.3 is 25.7 Å². The zero-order chi connectivity index (χ0) is 14.6. The average Bonchev–Trinajstić information content (AvgIpc) is 2.22. The van der Waals surface area contributed by atoms with Crippen molar-refractivity contribution in [1.82, 2.24) is 15.5 Å². The van der Waals surface area contributed by atoms with Crippen LogP contribution in [0, 0.1) is 0 Å². The van der Waals surface area contributed by atoms with E-state index >= 15 is 0 Å². The topological polar surface area (TPSA) is 102 Å². The molecule has 0 aromatic rings. The van der Waals surface area contributed by atoms with E-state index in [0.29, 0.717) is 6.54 Å². The van der Waals surface area contributed by atoms with Gasteiger partial charge in [0.05, 0.1) is 6.10 Å². The number of aliphatic carboxylic acids is 1. The van der Waals surface area contributed by atoms with Gasteiger partial charge in [0.2, 0.25) is 0 Å². The highest BCUT2D eigenvalue weighted by Crippen LogP contribution is 2.35. The quantitative estimate of drug-likeness (QED) is 0.527. The Morgan fingerprint density at radius 3 is 2.26 bits per heavy atom. The highest BCUT2D eigenvalue weighted by molar-refractivity contribution is 5.82. The van der Waals surface area contributed by atoms with Crippen molar-refractivity contribution in [2.45, 2.75) is 43.9 Å². The molecule has 0 bridgehead atoms. The number of aliphatic hydroxyl groups excluding tert-OH is 1. The predicted molar refractivity (Wildman–Crippen MR) is 69.9 cm³/mol. The third kappa shape index (κ3) is 3.81. The van der Waals surface area contributed by atoms with Crippen LogP contribution in [0.1, 0.15) is 26.2 Å². The summed E-state index contributed by atoms with van der Waals surface area (Å²) >= 11 is 0. The lowest BCUT2D eigenvalue weighted by molar-refractivity contribution is -0.141. The number of rotatable bonds is 6. The van der Waals surface area contributed by atoms with E-state index in [1.165, 1.54) is 6.92 Å². The number of urea groups is 1. The molecule has 1 rings (SSSR count). The molecule has 110 valence electrons. The van der Waals surface area contributed by atoms with Gasteiger partial charge in [-0.1, -0.05) is 0 Å². The first-order chi connectivity index (χ1) is 8.78. The molecule has 7 nitrogen and oxygen atoms in total. The summed E-state index contributed by atoms with van der Waals surface area (Å²) in [7, 11) is 3.93. The molecular formula is C12H23N3O4. The lowest BCUT2D eigenvalue weighted by Gasteiger charge is -2.47. The van der Waals surface area contributed by atoms with Gasteiger partial charge in [-0.25, -0.2) is 9.59 Å². The van der Waals surface area contributed by atoms with Crippen molar-refractivity contribution in [3.63, 3.8) is 0 Å². The highest BCUT2D eigenvalue weighted by Gasteiger charge is 2.39. The van der Waals surface area contributed by atoms with E-state index < -0.39 is 24.1 Å². The molecule has 0 aromatic carbocycles. The van der Waals surface area contributed by atoms with Crippen molar-refractivity contribution < 1.29 is 19.8 Å². The maximum absolute atomic E-state index is 11.7. The largest absolute Gasteiger partial charge is 0.480 e. The number of hydrogen-bond donors (Lipinski definition) is 4. The highest BCUT2D eigenvalue weighted by atomic mass is 16.4. The Morgan fingerprint density at radius 1 is 1.37 bits per heavy atom. The summed E-state index contributed by atoms with van der Waals surface area (Å²) in [5.41, 5.74) is -0.0269. The molecule has 1 fully saturated rings. The van der Waals surface area contributed by atoms with Gasteiger partial charge in [-0.3, -0.25) is 0 Å². The fraction of sp³-hybridized carbons (Fsp3) is 0.833. The minimum absolute atomic E-state index is 0.0269. The van der Waals surface area contributed by atoms with Gasteiger partial charge >= 0.3 is 12.0 Å². The summed E-state index contributed by atoms with van der Waals surface area (Å²) in [5.74, 6) is -1.25. The maximum atomic E-state index is 11.7. The van der Waals surface area contributed by atoms with Crippen molar-refractivity contribution >= 4 is 12.0 Å². The molecule has 1 saturated carbocycles. The normalized spacial score (nSPS) is 20.3. The fourth-order valence-electron chi connectivity index (χ4n) is 2.19. The number of carbonyl (C=O) groups is 2. The number of carboxylic acid groups (broad SMARTS) is 1. The third-order valence-electron chi connectivity index (χ3n) is 3.85. The first-order valence-electron chi connectivity index (χ1n) is 6.41. The van der Waals surface area contributed by atoms with Gasteiger partial charge in [-0.05, 0) is 40.3 Å². The van der Waals surface area contributed by atoms with E-state index in [-0.39, 0.29) is 5.54 Å². The summed E-state index contributed by atoms with van der Waals surface area (Å²) in [4.78, 5) is 24.6. The summed E-state index contributed by atoms with van der Waals surface area (Å²) in [6.45, 7) is 1.80. The number of amides is 2. The Bertz CT molecular complexity index is 340. The average molecular weight is 273 g/mol. The Labute approximate surface area is 113 Å². The van der Waals surface area contributed by atoms with Gasteiger partial charge in [-0.2, -0.15) is 0 Å². The zero-order valence-electron chi connectivity index (χ0n) is 11.6. The monoisotopic (exact) mass is 273 g/mol. The number of likely N-dealkylation sites (N-methyl/N-ethyl adjacent to an activating group) is 1. The van der Waals surface area contributed by atoms with Gasteiger partial charge in [0.1, 0.15) is 0 Å². The van der Waals surface area contributed by atoms with Gasteiger partial charge in [-0.15, -0.1) is 0 Å². The molecule has 0 aliphatic heterocycles. The lowest BCUT2D eigenvalue weighted by Crippen LogP contribution is -2.59. The molecule has 0 heterocycles. The first kappa shape index (κ1) is 15.7. The van der Waals surface area contributed by atoms with E-state index in [2.05, 4.69) is 15.5 Å². The third-order valence-corrected chi connectivity index (χ3v) is 3.85. The molecule has 0 saturated heterocycles. The van der Waals surface area contributed by atoms with Crippen LogP contribution in [0.25, 0.3) is 0 Å². The lowest BCUT2D eigenvalue weighted by atomic mass is 9.75. The van der Waals surface area contributed by atoms with Gasteiger partial charge in [0, 0.05) is 12.1 Å². The van der Waals surface area contributed by atoms with Crippen molar-refractivity contribution in [3.8, 4) is 0 Å². The van der Waals surface area contributed by atoms with E-state index in [1.54, 1.807) is 0 Å². The predicted octanol–water partition coefficient (Wildman–Crippen LogP) is -0.396. The van der Waals surface area contributed by atoms with E-state index in [9.17, 15) is 14.7 Å². The molecule has 1 aliphatic rings. The van der Waals surface area contributed by atoms with Crippen LogP contribution in [0.3, 0.4) is 0 Å².